The molecule has 0 bridgehead atoms. The van der Waals surface area contributed by atoms with Gasteiger partial charge in [0.25, 0.3) is 5.91 Å². The second kappa shape index (κ2) is 9.29. The summed E-state index contributed by atoms with van der Waals surface area (Å²) in [6.07, 6.45) is 0.341. The van der Waals surface area contributed by atoms with Gasteiger partial charge in [0.1, 0.15) is 4.90 Å². The summed E-state index contributed by atoms with van der Waals surface area (Å²) in [4.78, 5) is 19.3. The molecule has 1 amide bonds. The molecule has 30 heavy (non-hydrogen) atoms. The monoisotopic (exact) mass is 472 g/mol. The molecule has 2 heterocycles. The van der Waals surface area contributed by atoms with Gasteiger partial charge in [0, 0.05) is 44.7 Å². The zero-order chi connectivity index (χ0) is 22.1. The van der Waals surface area contributed by atoms with E-state index in [9.17, 15) is 13.2 Å². The molecule has 2 atom stereocenters. The van der Waals surface area contributed by atoms with E-state index in [1.165, 1.54) is 43.6 Å². The number of carbonyl (C=O) groups is 1. The fourth-order valence-electron chi connectivity index (χ4n) is 3.29. The molecule has 2 aromatic rings. The summed E-state index contributed by atoms with van der Waals surface area (Å²) in [6.45, 7) is 6.43. The van der Waals surface area contributed by atoms with Gasteiger partial charge in [-0.3, -0.25) is 15.0 Å². The van der Waals surface area contributed by atoms with Crippen LogP contribution >= 0.6 is 22.9 Å². The van der Waals surface area contributed by atoms with Crippen molar-refractivity contribution in [3.63, 3.8) is 0 Å². The smallest absolute Gasteiger partial charge is 0.257 e. The number of hydrogen-bond donors (Lipinski definition) is 1. The second-order valence-corrected chi connectivity index (χ2v) is 10.9. The van der Waals surface area contributed by atoms with Crippen LogP contribution in [0.1, 0.15) is 29.9 Å². The van der Waals surface area contributed by atoms with E-state index < -0.39 is 15.9 Å². The number of carbonyl (C=O) groups excluding carboxylic acids is 1. The summed E-state index contributed by atoms with van der Waals surface area (Å²) >= 11 is 7.37. The van der Waals surface area contributed by atoms with Crippen LogP contribution in [0.4, 0.5) is 5.13 Å². The summed E-state index contributed by atoms with van der Waals surface area (Å²) < 4.78 is 31.6. The molecule has 1 saturated heterocycles. The maximum Gasteiger partial charge on any atom is 0.257 e. The van der Waals surface area contributed by atoms with Crippen LogP contribution in [0.3, 0.4) is 0 Å². The molecule has 1 fully saturated rings. The maximum atomic E-state index is 12.6. The quantitative estimate of drug-likeness (QED) is 0.695. The summed E-state index contributed by atoms with van der Waals surface area (Å²) in [5, 5.41) is 5.16. The molecule has 8 nitrogen and oxygen atoms in total. The first-order valence-corrected chi connectivity index (χ1v) is 12.1. The Hall–Kier alpha value is -1.56. The van der Waals surface area contributed by atoms with Crippen LogP contribution in [0, 0.1) is 0 Å². The first kappa shape index (κ1) is 23.1. The lowest BCUT2D eigenvalue weighted by atomic mass is 10.2. The highest BCUT2D eigenvalue weighted by atomic mass is 35.5. The highest BCUT2D eigenvalue weighted by Gasteiger charge is 2.24. The summed E-state index contributed by atoms with van der Waals surface area (Å²) in [7, 11) is -0.949. The molecular weight excluding hydrogens is 448 g/mol. The number of anilines is 1. The van der Waals surface area contributed by atoms with E-state index in [0.29, 0.717) is 11.7 Å². The minimum Gasteiger partial charge on any atom is -0.373 e. The molecule has 11 heteroatoms. The largest absolute Gasteiger partial charge is 0.373 e. The van der Waals surface area contributed by atoms with Crippen LogP contribution in [-0.2, 0) is 21.3 Å². The Morgan fingerprint density at radius 1 is 1.33 bits per heavy atom. The number of amides is 1. The highest BCUT2D eigenvalue weighted by Crippen LogP contribution is 2.26. The van der Waals surface area contributed by atoms with Gasteiger partial charge in [-0.1, -0.05) is 11.6 Å². The number of sulfonamides is 1. The zero-order valence-electron chi connectivity index (χ0n) is 17.3. The third-order valence-electron chi connectivity index (χ3n) is 4.61. The topological polar surface area (TPSA) is 91.8 Å². The van der Waals surface area contributed by atoms with Gasteiger partial charge in [-0.2, -0.15) is 0 Å². The predicted molar refractivity (Wildman–Crippen MR) is 118 cm³/mol. The number of aromatic nitrogens is 1. The molecule has 1 N–H and O–H groups in total. The van der Waals surface area contributed by atoms with E-state index >= 15 is 0 Å². The summed E-state index contributed by atoms with van der Waals surface area (Å²) in [5.74, 6) is -0.448. The number of thiazole rings is 1. The lowest BCUT2D eigenvalue weighted by Gasteiger charge is -2.34. The second-order valence-electron chi connectivity index (χ2n) is 7.48. The Kier molecular flexibility index (Phi) is 7.16. The van der Waals surface area contributed by atoms with Gasteiger partial charge in [0.2, 0.25) is 10.0 Å². The number of halogens is 1. The molecule has 1 aliphatic rings. The standard InChI is InChI=1S/C19H25ClN4O4S2/c1-12-8-24(9-13(2)28-12)10-15-11-29-19(21-15)22-18(25)14-5-6-16(20)17(7-14)30(26,27)23(3)4/h5-7,11-13H,8-10H2,1-4H3,(H,21,22,25). The van der Waals surface area contributed by atoms with Crippen LogP contribution < -0.4 is 5.32 Å². The fraction of sp³-hybridized carbons (Fsp3) is 0.474. The molecule has 0 saturated carbocycles. The number of morpholine rings is 1. The van der Waals surface area contributed by atoms with Gasteiger partial charge < -0.3 is 4.74 Å². The highest BCUT2D eigenvalue weighted by molar-refractivity contribution is 7.89. The molecule has 164 valence electrons. The van der Waals surface area contributed by atoms with Crippen LogP contribution in [0.25, 0.3) is 0 Å². The molecule has 1 aromatic carbocycles. The van der Waals surface area contributed by atoms with Crippen molar-refractivity contribution in [3.05, 3.63) is 39.9 Å². The van der Waals surface area contributed by atoms with E-state index in [1.807, 2.05) is 19.2 Å². The van der Waals surface area contributed by atoms with Gasteiger partial charge in [0.05, 0.1) is 22.9 Å². The number of nitrogens with zero attached hydrogens (tertiary/aromatic N) is 3. The maximum absolute atomic E-state index is 12.6. The third-order valence-corrected chi connectivity index (χ3v) is 7.71. The molecule has 3 rings (SSSR count). The molecule has 0 spiro atoms. The fourth-order valence-corrected chi connectivity index (χ4v) is 5.38. The Morgan fingerprint density at radius 2 is 2.00 bits per heavy atom. The number of nitrogens with one attached hydrogen (secondary N) is 1. The third kappa shape index (κ3) is 5.37. The first-order valence-electron chi connectivity index (χ1n) is 9.42. The molecule has 0 radical (unpaired) electrons. The van der Waals surface area contributed by atoms with Gasteiger partial charge in [-0.05, 0) is 32.0 Å². The minimum absolute atomic E-state index is 0.0609. The van der Waals surface area contributed by atoms with Crippen LogP contribution in [0.15, 0.2) is 28.5 Å². The van der Waals surface area contributed by atoms with E-state index in [1.54, 1.807) is 0 Å². The number of benzene rings is 1. The lowest BCUT2D eigenvalue weighted by molar-refractivity contribution is -0.0707. The molecular formula is C19H25ClN4O4S2. The Balaban J connectivity index is 1.70. The van der Waals surface area contributed by atoms with Gasteiger partial charge in [0.15, 0.2) is 5.13 Å². The number of rotatable bonds is 6. The van der Waals surface area contributed by atoms with Crippen LogP contribution in [0.2, 0.25) is 5.02 Å². The molecule has 1 aliphatic heterocycles. The molecule has 0 aliphatic carbocycles. The Morgan fingerprint density at radius 3 is 2.63 bits per heavy atom. The van der Waals surface area contributed by atoms with Crippen LogP contribution in [-0.4, -0.2) is 67.9 Å². The van der Waals surface area contributed by atoms with Gasteiger partial charge >= 0.3 is 0 Å². The van der Waals surface area contributed by atoms with Crippen molar-refractivity contribution < 1.29 is 17.9 Å². The predicted octanol–water partition coefficient (Wildman–Crippen LogP) is 2.91. The van der Waals surface area contributed by atoms with E-state index in [2.05, 4.69) is 15.2 Å². The zero-order valence-corrected chi connectivity index (χ0v) is 19.6. The van der Waals surface area contributed by atoms with E-state index in [4.69, 9.17) is 16.3 Å². The number of hydrogen-bond acceptors (Lipinski definition) is 7. The lowest BCUT2D eigenvalue weighted by Crippen LogP contribution is -2.44. The normalized spacial score (nSPS) is 20.5. The van der Waals surface area contributed by atoms with Crippen molar-refractivity contribution in [2.45, 2.75) is 37.5 Å². The minimum atomic E-state index is -3.77. The van der Waals surface area contributed by atoms with E-state index in [0.717, 1.165) is 23.1 Å². The van der Waals surface area contributed by atoms with Gasteiger partial charge in [-0.15, -0.1) is 11.3 Å². The van der Waals surface area contributed by atoms with Gasteiger partial charge in [-0.25, -0.2) is 17.7 Å². The average Bonchev–Trinajstić information content (AvgIpc) is 3.07. The molecule has 1 aromatic heterocycles. The van der Waals surface area contributed by atoms with Crippen molar-refractivity contribution in [1.82, 2.24) is 14.2 Å². The number of ether oxygens (including phenoxy) is 1. The summed E-state index contributed by atoms with van der Waals surface area (Å²) in [6, 6.07) is 4.16. The Bertz CT molecular complexity index is 1020. The van der Waals surface area contributed by atoms with Crippen molar-refractivity contribution in [3.8, 4) is 0 Å². The van der Waals surface area contributed by atoms with Crippen molar-refractivity contribution in [2.24, 2.45) is 0 Å². The SMILES string of the molecule is CC1CN(Cc2csc(NC(=O)c3ccc(Cl)c(S(=O)(=O)N(C)C)c3)n2)CC(C)O1. The Labute approximate surface area is 185 Å². The van der Waals surface area contributed by atoms with Crippen molar-refractivity contribution in [2.75, 3.05) is 32.5 Å². The average molecular weight is 473 g/mol. The van der Waals surface area contributed by atoms with Crippen molar-refractivity contribution in [1.29, 1.82) is 0 Å². The first-order chi connectivity index (χ1) is 14.1. The van der Waals surface area contributed by atoms with Crippen molar-refractivity contribution >= 4 is 44.0 Å². The van der Waals surface area contributed by atoms with E-state index in [-0.39, 0.29) is 27.7 Å². The molecule has 2 unspecified atom stereocenters. The van der Waals surface area contributed by atoms with Crippen LogP contribution in [0.5, 0.6) is 0 Å². The summed E-state index contributed by atoms with van der Waals surface area (Å²) in [5.41, 5.74) is 1.05.